The van der Waals surface area contributed by atoms with E-state index in [1.165, 1.54) is 47.1 Å². The molecule has 2 aromatic rings. The molecular formula is C25H30. The van der Waals surface area contributed by atoms with Crippen LogP contribution in [-0.4, -0.2) is 0 Å². The highest BCUT2D eigenvalue weighted by molar-refractivity contribution is 5.57. The Labute approximate surface area is 153 Å². The second kappa shape index (κ2) is 7.44. The maximum atomic E-state index is 2.33. The predicted molar refractivity (Wildman–Crippen MR) is 109 cm³/mol. The molecule has 0 saturated carbocycles. The largest absolute Gasteiger partial charge is 0.0660 e. The van der Waals surface area contributed by atoms with Crippen LogP contribution in [0.3, 0.4) is 0 Å². The van der Waals surface area contributed by atoms with Crippen LogP contribution in [0.4, 0.5) is 0 Å². The summed E-state index contributed by atoms with van der Waals surface area (Å²) in [6, 6.07) is 22.3. The number of benzene rings is 2. The Morgan fingerprint density at radius 2 is 1.28 bits per heavy atom. The van der Waals surface area contributed by atoms with Crippen LogP contribution >= 0.6 is 0 Å². The summed E-state index contributed by atoms with van der Waals surface area (Å²) in [5.74, 6) is 0. The predicted octanol–water partition coefficient (Wildman–Crippen LogP) is 7.22. The van der Waals surface area contributed by atoms with Crippen LogP contribution < -0.4 is 0 Å². The average molecular weight is 331 g/mol. The van der Waals surface area contributed by atoms with Gasteiger partial charge in [-0.3, -0.25) is 0 Å². The zero-order valence-corrected chi connectivity index (χ0v) is 16.1. The minimum absolute atomic E-state index is 0.0123. The van der Waals surface area contributed by atoms with E-state index >= 15 is 0 Å². The van der Waals surface area contributed by atoms with E-state index in [-0.39, 0.29) is 5.41 Å². The van der Waals surface area contributed by atoms with E-state index in [9.17, 15) is 0 Å². The summed E-state index contributed by atoms with van der Waals surface area (Å²) in [6.07, 6.45) is 4.73. The number of rotatable bonds is 6. The molecule has 0 heterocycles. The van der Waals surface area contributed by atoms with Crippen LogP contribution in [0.25, 0.3) is 0 Å². The van der Waals surface area contributed by atoms with E-state index in [0.29, 0.717) is 0 Å². The summed E-state index contributed by atoms with van der Waals surface area (Å²) in [5, 5.41) is 0. The van der Waals surface area contributed by atoms with Crippen LogP contribution in [0.5, 0.6) is 0 Å². The van der Waals surface area contributed by atoms with Crippen molar-refractivity contribution in [3.05, 3.63) is 94.1 Å². The second-order valence-electron chi connectivity index (χ2n) is 7.43. The molecule has 1 aliphatic carbocycles. The molecule has 0 saturated heterocycles. The summed E-state index contributed by atoms with van der Waals surface area (Å²) in [6.45, 7) is 9.21. The van der Waals surface area contributed by atoms with Crippen molar-refractivity contribution in [1.82, 2.24) is 0 Å². The van der Waals surface area contributed by atoms with Crippen LogP contribution in [-0.2, 0) is 5.41 Å². The van der Waals surface area contributed by atoms with Crippen molar-refractivity contribution in [2.24, 2.45) is 0 Å². The van der Waals surface area contributed by atoms with Crippen molar-refractivity contribution >= 4 is 0 Å². The quantitative estimate of drug-likeness (QED) is 0.524. The first-order chi connectivity index (χ1) is 12.1. The first kappa shape index (κ1) is 17.7. The maximum Gasteiger partial charge on any atom is 0.0419 e. The third kappa shape index (κ3) is 3.11. The molecule has 130 valence electrons. The van der Waals surface area contributed by atoms with E-state index in [4.69, 9.17) is 0 Å². The molecule has 0 heteroatoms. The molecular weight excluding hydrogens is 300 g/mol. The third-order valence-corrected chi connectivity index (χ3v) is 6.05. The molecule has 0 aliphatic heterocycles. The van der Waals surface area contributed by atoms with Gasteiger partial charge in [-0.15, -0.1) is 0 Å². The third-order valence-electron chi connectivity index (χ3n) is 6.05. The average Bonchev–Trinajstić information content (AvgIpc) is 2.92. The Kier molecular flexibility index (Phi) is 5.27. The highest BCUT2D eigenvalue weighted by Gasteiger charge is 2.40. The standard InChI is InChI=1S/C25H30/c1-5-6-17-25(22-13-9-7-10-14-22,23-15-11-8-12-16-23)24-18-19(2)20(3)21(24)4/h7-16H,5-6,17-18H2,1-4H3. The number of unbranched alkanes of at least 4 members (excludes halogenated alkanes) is 1. The molecule has 0 atom stereocenters. The molecule has 1 aliphatic rings. The van der Waals surface area contributed by atoms with Crippen molar-refractivity contribution in [2.45, 2.75) is 58.8 Å². The topological polar surface area (TPSA) is 0 Å². The smallest absolute Gasteiger partial charge is 0.0419 e. The molecule has 0 spiro atoms. The van der Waals surface area contributed by atoms with Gasteiger partial charge in [0.2, 0.25) is 0 Å². The normalized spacial score (nSPS) is 15.2. The lowest BCUT2D eigenvalue weighted by Crippen LogP contribution is -2.31. The molecule has 0 fully saturated rings. The van der Waals surface area contributed by atoms with Crippen molar-refractivity contribution < 1.29 is 0 Å². The fraction of sp³-hybridized carbons (Fsp3) is 0.360. The zero-order chi connectivity index (χ0) is 17.9. The van der Waals surface area contributed by atoms with Gasteiger partial charge in [0, 0.05) is 5.41 Å². The molecule has 2 aromatic carbocycles. The fourth-order valence-electron chi connectivity index (χ4n) is 4.39. The van der Waals surface area contributed by atoms with Gasteiger partial charge in [0.05, 0.1) is 0 Å². The number of hydrogen-bond acceptors (Lipinski definition) is 0. The van der Waals surface area contributed by atoms with Gasteiger partial charge in [-0.2, -0.15) is 0 Å². The van der Waals surface area contributed by atoms with E-state index in [1.807, 2.05) is 0 Å². The molecule has 0 unspecified atom stereocenters. The summed E-state index contributed by atoms with van der Waals surface area (Å²) in [7, 11) is 0. The molecule has 0 nitrogen and oxygen atoms in total. The van der Waals surface area contributed by atoms with Crippen molar-refractivity contribution in [3.8, 4) is 0 Å². The Balaban J connectivity index is 2.27. The fourth-order valence-corrected chi connectivity index (χ4v) is 4.39. The van der Waals surface area contributed by atoms with Gasteiger partial charge >= 0.3 is 0 Å². The summed E-state index contributed by atoms with van der Waals surface area (Å²) in [4.78, 5) is 0. The Hall–Kier alpha value is -2.08. The first-order valence-electron chi connectivity index (χ1n) is 9.59. The van der Waals surface area contributed by atoms with Gasteiger partial charge in [-0.25, -0.2) is 0 Å². The van der Waals surface area contributed by atoms with Gasteiger partial charge in [-0.05, 0) is 61.5 Å². The highest BCUT2D eigenvalue weighted by atomic mass is 14.4. The number of hydrogen-bond donors (Lipinski definition) is 0. The van der Waals surface area contributed by atoms with Crippen LogP contribution in [0.1, 0.15) is 64.5 Å². The van der Waals surface area contributed by atoms with E-state index in [2.05, 4.69) is 88.4 Å². The molecule has 0 aromatic heterocycles. The van der Waals surface area contributed by atoms with Crippen LogP contribution in [0, 0.1) is 0 Å². The molecule has 0 amide bonds. The summed E-state index contributed by atoms with van der Waals surface area (Å²) < 4.78 is 0. The second-order valence-corrected chi connectivity index (χ2v) is 7.43. The van der Waals surface area contributed by atoms with E-state index < -0.39 is 0 Å². The summed E-state index contributed by atoms with van der Waals surface area (Å²) >= 11 is 0. The summed E-state index contributed by atoms with van der Waals surface area (Å²) in [5.41, 5.74) is 8.98. The molecule has 3 rings (SSSR count). The van der Waals surface area contributed by atoms with Gasteiger partial charge in [0.25, 0.3) is 0 Å². The minimum atomic E-state index is -0.0123. The minimum Gasteiger partial charge on any atom is -0.0660 e. The monoisotopic (exact) mass is 330 g/mol. The molecule has 0 radical (unpaired) electrons. The lowest BCUT2D eigenvalue weighted by atomic mass is 9.64. The van der Waals surface area contributed by atoms with Gasteiger partial charge in [0.15, 0.2) is 0 Å². The van der Waals surface area contributed by atoms with E-state index in [0.717, 1.165) is 6.42 Å². The van der Waals surface area contributed by atoms with Crippen molar-refractivity contribution in [3.63, 3.8) is 0 Å². The van der Waals surface area contributed by atoms with Gasteiger partial charge in [0.1, 0.15) is 0 Å². The maximum absolute atomic E-state index is 2.33. The highest BCUT2D eigenvalue weighted by Crippen LogP contribution is 2.50. The van der Waals surface area contributed by atoms with Gasteiger partial charge < -0.3 is 0 Å². The Morgan fingerprint density at radius 1 is 0.760 bits per heavy atom. The Bertz CT molecular complexity index is 736. The Morgan fingerprint density at radius 3 is 1.68 bits per heavy atom. The van der Waals surface area contributed by atoms with E-state index in [1.54, 1.807) is 5.57 Å². The zero-order valence-electron chi connectivity index (χ0n) is 16.1. The van der Waals surface area contributed by atoms with Gasteiger partial charge in [-0.1, -0.05) is 86.0 Å². The number of allylic oxidation sites excluding steroid dienone is 4. The lowest BCUT2D eigenvalue weighted by Gasteiger charge is -2.38. The van der Waals surface area contributed by atoms with Crippen LogP contribution in [0.15, 0.2) is 83.0 Å². The van der Waals surface area contributed by atoms with Crippen LogP contribution in [0.2, 0.25) is 0 Å². The first-order valence-corrected chi connectivity index (χ1v) is 9.59. The SMILES string of the molecule is CCCCC(C1=C(C)C(C)=C(C)C1)(c1ccccc1)c1ccccc1. The lowest BCUT2D eigenvalue weighted by molar-refractivity contribution is 0.508. The van der Waals surface area contributed by atoms with Crippen molar-refractivity contribution in [1.29, 1.82) is 0 Å². The molecule has 25 heavy (non-hydrogen) atoms. The van der Waals surface area contributed by atoms with Crippen molar-refractivity contribution in [2.75, 3.05) is 0 Å². The molecule has 0 bridgehead atoms. The molecule has 0 N–H and O–H groups in total.